The maximum Gasteiger partial charge on any atom is 0.331 e. The van der Waals surface area contributed by atoms with Crippen molar-refractivity contribution in [2.24, 2.45) is 0 Å². The Kier molecular flexibility index (Phi) is 6.93. The zero-order valence-electron chi connectivity index (χ0n) is 15.2. The Morgan fingerprint density at radius 1 is 1.07 bits per heavy atom. The van der Waals surface area contributed by atoms with Gasteiger partial charge in [0.1, 0.15) is 5.82 Å². The average molecular weight is 373 g/mol. The number of carbonyl (C=O) groups excluding carboxylic acids is 2. The Labute approximate surface area is 156 Å². The molecule has 1 atom stereocenters. The predicted molar refractivity (Wildman–Crippen MR) is 99.2 cm³/mol. The molecule has 0 radical (unpaired) electrons. The molecule has 6 nitrogen and oxygen atoms in total. The summed E-state index contributed by atoms with van der Waals surface area (Å²) in [6, 6.07) is 10.9. The van der Waals surface area contributed by atoms with Gasteiger partial charge in [0.15, 0.2) is 17.6 Å². The van der Waals surface area contributed by atoms with Gasteiger partial charge in [0.25, 0.3) is 5.91 Å². The molecule has 0 unspecified atom stereocenters. The highest BCUT2D eigenvalue weighted by atomic mass is 19.1. The van der Waals surface area contributed by atoms with Gasteiger partial charge in [0, 0.05) is 23.4 Å². The number of esters is 1. The molecule has 0 aliphatic heterocycles. The Morgan fingerprint density at radius 2 is 1.78 bits per heavy atom. The van der Waals surface area contributed by atoms with E-state index in [2.05, 4.69) is 5.32 Å². The topological polar surface area (TPSA) is 73.9 Å². The van der Waals surface area contributed by atoms with Crippen molar-refractivity contribution in [1.29, 1.82) is 0 Å². The summed E-state index contributed by atoms with van der Waals surface area (Å²) in [6.07, 6.45) is 1.31. The Bertz CT molecular complexity index is 850. The summed E-state index contributed by atoms with van der Waals surface area (Å²) in [6.45, 7) is 1.44. The quantitative estimate of drug-likeness (QED) is 0.595. The molecule has 0 aromatic heterocycles. The van der Waals surface area contributed by atoms with Crippen molar-refractivity contribution in [2.75, 3.05) is 19.5 Å². The van der Waals surface area contributed by atoms with E-state index in [9.17, 15) is 14.0 Å². The highest BCUT2D eigenvalue weighted by molar-refractivity contribution is 5.96. The first-order chi connectivity index (χ1) is 12.9. The molecule has 0 aliphatic carbocycles. The lowest BCUT2D eigenvalue weighted by atomic mass is 10.2. The number of carbonyl (C=O) groups is 2. The van der Waals surface area contributed by atoms with Crippen LogP contribution in [0.3, 0.4) is 0 Å². The number of amides is 1. The van der Waals surface area contributed by atoms with Crippen LogP contribution in [0.25, 0.3) is 6.08 Å². The van der Waals surface area contributed by atoms with Crippen LogP contribution in [0.1, 0.15) is 12.5 Å². The lowest BCUT2D eigenvalue weighted by molar-refractivity contribution is -0.148. The second-order valence-corrected chi connectivity index (χ2v) is 5.49. The molecule has 2 rings (SSSR count). The van der Waals surface area contributed by atoms with Gasteiger partial charge >= 0.3 is 5.97 Å². The number of methoxy groups -OCH3 is 2. The van der Waals surface area contributed by atoms with Crippen molar-refractivity contribution < 1.29 is 28.2 Å². The molecule has 0 heterocycles. The van der Waals surface area contributed by atoms with Gasteiger partial charge in [0.05, 0.1) is 14.2 Å². The highest BCUT2D eigenvalue weighted by Gasteiger charge is 2.17. The summed E-state index contributed by atoms with van der Waals surface area (Å²) in [5.41, 5.74) is 0.708. The fourth-order valence-corrected chi connectivity index (χ4v) is 2.19. The van der Waals surface area contributed by atoms with E-state index >= 15 is 0 Å². The van der Waals surface area contributed by atoms with Gasteiger partial charge in [-0.3, -0.25) is 4.79 Å². The maximum atomic E-state index is 13.5. The number of anilines is 1. The van der Waals surface area contributed by atoms with Crippen LogP contribution in [0.15, 0.2) is 48.5 Å². The largest absolute Gasteiger partial charge is 0.493 e. The molecule has 2 aromatic carbocycles. The van der Waals surface area contributed by atoms with E-state index in [0.717, 1.165) is 6.08 Å². The van der Waals surface area contributed by atoms with E-state index in [4.69, 9.17) is 14.2 Å². The van der Waals surface area contributed by atoms with Crippen LogP contribution in [-0.2, 0) is 14.3 Å². The highest BCUT2D eigenvalue weighted by Crippen LogP contribution is 2.29. The van der Waals surface area contributed by atoms with Crippen LogP contribution in [0, 0.1) is 5.82 Å². The molecule has 1 amide bonds. The molecule has 0 saturated heterocycles. The minimum absolute atomic E-state index is 0.247. The van der Waals surface area contributed by atoms with Crippen molar-refractivity contribution in [3.05, 3.63) is 59.9 Å². The summed E-state index contributed by atoms with van der Waals surface area (Å²) in [5.74, 6) is -0.759. The van der Waals surface area contributed by atoms with Crippen molar-refractivity contribution in [2.45, 2.75) is 13.0 Å². The van der Waals surface area contributed by atoms with Gasteiger partial charge in [-0.15, -0.1) is 0 Å². The normalized spacial score (nSPS) is 11.7. The number of rotatable bonds is 7. The first-order valence-corrected chi connectivity index (χ1v) is 8.10. The fourth-order valence-electron chi connectivity index (χ4n) is 2.19. The second-order valence-electron chi connectivity index (χ2n) is 5.49. The van der Waals surface area contributed by atoms with Gasteiger partial charge in [-0.1, -0.05) is 18.2 Å². The monoisotopic (exact) mass is 373 g/mol. The van der Waals surface area contributed by atoms with Crippen LogP contribution >= 0.6 is 0 Å². The first-order valence-electron chi connectivity index (χ1n) is 8.10. The van der Waals surface area contributed by atoms with Crippen LogP contribution < -0.4 is 14.8 Å². The molecule has 0 bridgehead atoms. The lowest BCUT2D eigenvalue weighted by Gasteiger charge is -2.14. The van der Waals surface area contributed by atoms with E-state index in [1.807, 2.05) is 0 Å². The van der Waals surface area contributed by atoms with E-state index in [-0.39, 0.29) is 5.56 Å². The molecule has 0 spiro atoms. The first kappa shape index (κ1) is 20.0. The smallest absolute Gasteiger partial charge is 0.331 e. The molecule has 142 valence electrons. The van der Waals surface area contributed by atoms with Crippen LogP contribution in [0.2, 0.25) is 0 Å². The molecule has 2 aromatic rings. The van der Waals surface area contributed by atoms with Crippen molar-refractivity contribution in [3.8, 4) is 11.5 Å². The number of benzene rings is 2. The SMILES string of the molecule is COc1ccc(NC(=O)[C@@H](C)OC(=O)/C=C/c2ccccc2F)cc1OC. The number of halogens is 1. The van der Waals surface area contributed by atoms with E-state index in [1.165, 1.54) is 39.4 Å². The van der Waals surface area contributed by atoms with Gasteiger partial charge in [-0.05, 0) is 31.2 Å². The predicted octanol–water partition coefficient (Wildman–Crippen LogP) is 3.43. The van der Waals surface area contributed by atoms with E-state index in [0.29, 0.717) is 17.2 Å². The van der Waals surface area contributed by atoms with Crippen molar-refractivity contribution in [3.63, 3.8) is 0 Å². The molecule has 27 heavy (non-hydrogen) atoms. The van der Waals surface area contributed by atoms with Crippen LogP contribution in [-0.4, -0.2) is 32.2 Å². The third kappa shape index (κ3) is 5.57. The Morgan fingerprint density at radius 3 is 2.44 bits per heavy atom. The summed E-state index contributed by atoms with van der Waals surface area (Å²) in [5, 5.41) is 2.62. The number of nitrogens with one attached hydrogen (secondary N) is 1. The molecule has 0 saturated carbocycles. The van der Waals surface area contributed by atoms with Gasteiger partial charge in [-0.2, -0.15) is 0 Å². The number of hydrogen-bond donors (Lipinski definition) is 1. The molecular weight excluding hydrogens is 353 g/mol. The fraction of sp³-hybridized carbons (Fsp3) is 0.200. The minimum Gasteiger partial charge on any atom is -0.493 e. The van der Waals surface area contributed by atoms with E-state index in [1.54, 1.807) is 30.3 Å². The summed E-state index contributed by atoms with van der Waals surface area (Å²) < 4.78 is 28.8. The Balaban J connectivity index is 1.95. The molecule has 0 fully saturated rings. The average Bonchev–Trinajstić information content (AvgIpc) is 2.67. The zero-order chi connectivity index (χ0) is 19.8. The minimum atomic E-state index is -1.05. The summed E-state index contributed by atoms with van der Waals surface area (Å²) in [7, 11) is 2.99. The van der Waals surface area contributed by atoms with Crippen LogP contribution in [0.4, 0.5) is 10.1 Å². The van der Waals surface area contributed by atoms with E-state index < -0.39 is 23.8 Å². The molecule has 0 aliphatic rings. The maximum absolute atomic E-state index is 13.5. The summed E-state index contributed by atoms with van der Waals surface area (Å²) >= 11 is 0. The number of ether oxygens (including phenoxy) is 3. The standard InChI is InChI=1S/C20H20FNO5/c1-13(27-19(23)11-8-14-6-4-5-7-16(14)21)20(24)22-15-9-10-17(25-2)18(12-15)26-3/h4-13H,1-3H3,(H,22,24)/b11-8+/t13-/m1/s1. The molecular formula is C20H20FNO5. The number of hydrogen-bond acceptors (Lipinski definition) is 5. The van der Waals surface area contributed by atoms with Crippen molar-refractivity contribution in [1.82, 2.24) is 0 Å². The lowest BCUT2D eigenvalue weighted by Crippen LogP contribution is -2.29. The Hall–Kier alpha value is -3.35. The molecule has 1 N–H and O–H groups in total. The second kappa shape index (κ2) is 9.38. The molecule has 7 heteroatoms. The zero-order valence-corrected chi connectivity index (χ0v) is 15.2. The van der Waals surface area contributed by atoms with Crippen LogP contribution in [0.5, 0.6) is 11.5 Å². The third-order valence-corrected chi connectivity index (χ3v) is 3.62. The van der Waals surface area contributed by atoms with Crippen molar-refractivity contribution >= 4 is 23.6 Å². The van der Waals surface area contributed by atoms with Gasteiger partial charge in [0.2, 0.25) is 0 Å². The summed E-state index contributed by atoms with van der Waals surface area (Å²) in [4.78, 5) is 24.0. The third-order valence-electron chi connectivity index (χ3n) is 3.62. The van der Waals surface area contributed by atoms with Gasteiger partial charge < -0.3 is 19.5 Å². The van der Waals surface area contributed by atoms with Gasteiger partial charge in [-0.25, -0.2) is 9.18 Å².